The summed E-state index contributed by atoms with van der Waals surface area (Å²) in [5, 5.41) is 13.5. The van der Waals surface area contributed by atoms with Gasteiger partial charge in [0.15, 0.2) is 0 Å². The highest BCUT2D eigenvalue weighted by molar-refractivity contribution is 7.89. The summed E-state index contributed by atoms with van der Waals surface area (Å²) in [7, 11) is -3.90. The Hall–Kier alpha value is -2.12. The fourth-order valence-corrected chi connectivity index (χ4v) is 2.43. The van der Waals surface area contributed by atoms with Gasteiger partial charge in [0.2, 0.25) is 0 Å². The summed E-state index contributed by atoms with van der Waals surface area (Å²) in [6, 6.07) is 8.55. The zero-order valence-corrected chi connectivity index (χ0v) is 12.1. The number of phenolic OH excluding ortho intramolecular Hbond substituents is 1. The number of sulfonamides is 1. The van der Waals surface area contributed by atoms with Crippen molar-refractivity contribution in [3.63, 3.8) is 0 Å². The number of phenols is 1. The van der Waals surface area contributed by atoms with Crippen molar-refractivity contribution in [2.24, 2.45) is 5.10 Å². The van der Waals surface area contributed by atoms with Crippen LogP contribution in [0.25, 0.3) is 0 Å². The molecule has 0 saturated carbocycles. The van der Waals surface area contributed by atoms with Crippen molar-refractivity contribution in [2.75, 3.05) is 0 Å². The lowest BCUT2D eigenvalue weighted by Crippen LogP contribution is -2.18. The lowest BCUT2D eigenvalue weighted by Gasteiger charge is -2.03. The normalized spacial score (nSPS) is 11.7. The highest BCUT2D eigenvalue weighted by Gasteiger charge is 2.12. The zero-order chi connectivity index (χ0) is 15.5. The standard InChI is InChI=1S/C13H10ClFN2O3S/c14-10-1-6-13(18)9(7-10)8-16-17-21(19,20)12-4-2-11(15)3-5-12/h1-8,17-18H/b16-8+. The smallest absolute Gasteiger partial charge is 0.276 e. The Labute approximate surface area is 125 Å². The molecule has 2 aromatic rings. The van der Waals surface area contributed by atoms with Crippen LogP contribution in [0, 0.1) is 5.82 Å². The number of nitrogens with zero attached hydrogens (tertiary/aromatic N) is 1. The number of hydrogen-bond donors (Lipinski definition) is 2. The first kappa shape index (κ1) is 15.3. The third-order valence-electron chi connectivity index (χ3n) is 2.49. The average molecular weight is 329 g/mol. The van der Waals surface area contributed by atoms with E-state index in [1.807, 2.05) is 4.83 Å². The SMILES string of the molecule is O=S(=O)(N/N=C/c1cc(Cl)ccc1O)c1ccc(F)cc1. The van der Waals surface area contributed by atoms with E-state index in [1.54, 1.807) is 0 Å². The fourth-order valence-electron chi connectivity index (χ4n) is 1.46. The molecule has 21 heavy (non-hydrogen) atoms. The average Bonchev–Trinajstić information content (AvgIpc) is 2.43. The number of nitrogens with one attached hydrogen (secondary N) is 1. The molecule has 2 N–H and O–H groups in total. The summed E-state index contributed by atoms with van der Waals surface area (Å²) >= 11 is 5.75. The van der Waals surface area contributed by atoms with Crippen molar-refractivity contribution in [1.82, 2.24) is 4.83 Å². The van der Waals surface area contributed by atoms with Gasteiger partial charge in [0, 0.05) is 10.6 Å². The Bertz CT molecular complexity index is 777. The van der Waals surface area contributed by atoms with Gasteiger partial charge in [-0.15, -0.1) is 0 Å². The fraction of sp³-hybridized carbons (Fsp3) is 0. The number of halogens is 2. The van der Waals surface area contributed by atoms with E-state index >= 15 is 0 Å². The molecule has 0 saturated heterocycles. The van der Waals surface area contributed by atoms with Gasteiger partial charge < -0.3 is 5.11 Å². The largest absolute Gasteiger partial charge is 0.507 e. The van der Waals surface area contributed by atoms with E-state index in [1.165, 1.54) is 18.2 Å². The van der Waals surface area contributed by atoms with E-state index in [0.717, 1.165) is 30.5 Å². The van der Waals surface area contributed by atoms with E-state index in [9.17, 15) is 17.9 Å². The van der Waals surface area contributed by atoms with E-state index < -0.39 is 15.8 Å². The van der Waals surface area contributed by atoms with Gasteiger partial charge in [-0.05, 0) is 42.5 Å². The summed E-state index contributed by atoms with van der Waals surface area (Å²) in [4.78, 5) is 1.83. The number of hydrazone groups is 1. The van der Waals surface area contributed by atoms with Gasteiger partial charge in [0.05, 0.1) is 11.1 Å². The van der Waals surface area contributed by atoms with Crippen LogP contribution in [0.4, 0.5) is 4.39 Å². The predicted molar refractivity (Wildman–Crippen MR) is 77.4 cm³/mol. The quantitative estimate of drug-likeness (QED) is 0.668. The molecule has 110 valence electrons. The third-order valence-corrected chi connectivity index (χ3v) is 3.96. The molecule has 8 heteroatoms. The van der Waals surface area contributed by atoms with Crippen molar-refractivity contribution in [3.05, 3.63) is 58.9 Å². The molecule has 0 amide bonds. The zero-order valence-electron chi connectivity index (χ0n) is 10.5. The van der Waals surface area contributed by atoms with Crippen LogP contribution in [0.2, 0.25) is 5.02 Å². The summed E-state index contributed by atoms with van der Waals surface area (Å²) in [6.07, 6.45) is 1.11. The Kier molecular flexibility index (Phi) is 4.44. The van der Waals surface area contributed by atoms with Crippen LogP contribution in [-0.4, -0.2) is 19.7 Å². The molecule has 0 unspecified atom stereocenters. The second kappa shape index (κ2) is 6.11. The van der Waals surface area contributed by atoms with Gasteiger partial charge in [-0.3, -0.25) is 0 Å². The van der Waals surface area contributed by atoms with Crippen LogP contribution in [0.1, 0.15) is 5.56 Å². The second-order valence-corrected chi connectivity index (χ2v) is 6.11. The Morgan fingerprint density at radius 2 is 1.86 bits per heavy atom. The lowest BCUT2D eigenvalue weighted by atomic mass is 10.2. The second-order valence-electron chi connectivity index (χ2n) is 4.01. The Morgan fingerprint density at radius 1 is 1.19 bits per heavy atom. The van der Waals surface area contributed by atoms with Crippen molar-refractivity contribution >= 4 is 27.8 Å². The van der Waals surface area contributed by atoms with Crippen molar-refractivity contribution in [3.8, 4) is 5.75 Å². The maximum atomic E-state index is 12.7. The Morgan fingerprint density at radius 3 is 2.52 bits per heavy atom. The van der Waals surface area contributed by atoms with Crippen LogP contribution < -0.4 is 4.83 Å². The number of rotatable bonds is 4. The minimum Gasteiger partial charge on any atom is -0.507 e. The number of benzene rings is 2. The molecule has 2 aromatic carbocycles. The van der Waals surface area contributed by atoms with Gasteiger partial charge in [0.25, 0.3) is 10.0 Å². The van der Waals surface area contributed by atoms with Crippen LogP contribution in [-0.2, 0) is 10.0 Å². The minimum absolute atomic E-state index is 0.0934. The molecular formula is C13H10ClFN2O3S. The van der Waals surface area contributed by atoms with Crippen molar-refractivity contribution in [2.45, 2.75) is 4.90 Å². The van der Waals surface area contributed by atoms with Crippen molar-refractivity contribution in [1.29, 1.82) is 0 Å². The van der Waals surface area contributed by atoms with E-state index in [0.29, 0.717) is 5.02 Å². The minimum atomic E-state index is -3.90. The van der Waals surface area contributed by atoms with E-state index in [2.05, 4.69) is 5.10 Å². The molecule has 0 radical (unpaired) electrons. The first-order valence-electron chi connectivity index (χ1n) is 5.67. The molecule has 0 aliphatic rings. The van der Waals surface area contributed by atoms with Gasteiger partial charge in [0.1, 0.15) is 11.6 Å². The molecule has 0 fully saturated rings. The van der Waals surface area contributed by atoms with Gasteiger partial charge >= 0.3 is 0 Å². The van der Waals surface area contributed by atoms with Crippen LogP contribution >= 0.6 is 11.6 Å². The van der Waals surface area contributed by atoms with Crippen LogP contribution in [0.5, 0.6) is 5.75 Å². The maximum absolute atomic E-state index is 12.7. The van der Waals surface area contributed by atoms with Crippen molar-refractivity contribution < 1.29 is 17.9 Å². The predicted octanol–water partition coefficient (Wildman–Crippen LogP) is 2.50. The molecule has 0 spiro atoms. The summed E-state index contributed by atoms with van der Waals surface area (Å²) in [5.74, 6) is -0.634. The summed E-state index contributed by atoms with van der Waals surface area (Å²) in [6.45, 7) is 0. The first-order chi connectivity index (χ1) is 9.88. The summed E-state index contributed by atoms with van der Waals surface area (Å²) < 4.78 is 36.4. The number of hydrogen-bond acceptors (Lipinski definition) is 4. The van der Waals surface area contributed by atoms with Gasteiger partial charge in [-0.2, -0.15) is 13.5 Å². The van der Waals surface area contributed by atoms with Crippen LogP contribution in [0.15, 0.2) is 52.5 Å². The highest BCUT2D eigenvalue weighted by Crippen LogP contribution is 2.19. The highest BCUT2D eigenvalue weighted by atomic mass is 35.5. The monoisotopic (exact) mass is 328 g/mol. The first-order valence-corrected chi connectivity index (χ1v) is 7.53. The molecule has 0 heterocycles. The number of aromatic hydroxyl groups is 1. The van der Waals surface area contributed by atoms with Gasteiger partial charge in [-0.25, -0.2) is 9.22 Å². The molecule has 0 bridgehead atoms. The molecule has 5 nitrogen and oxygen atoms in total. The molecule has 0 aromatic heterocycles. The molecular weight excluding hydrogens is 319 g/mol. The summed E-state index contributed by atoms with van der Waals surface area (Å²) in [5.41, 5.74) is 0.254. The van der Waals surface area contributed by atoms with E-state index in [4.69, 9.17) is 11.6 Å². The molecule has 2 rings (SSSR count). The molecule has 0 atom stereocenters. The van der Waals surface area contributed by atoms with Gasteiger partial charge in [-0.1, -0.05) is 11.6 Å². The van der Waals surface area contributed by atoms with E-state index in [-0.39, 0.29) is 16.2 Å². The molecule has 0 aliphatic carbocycles. The topological polar surface area (TPSA) is 78.8 Å². The van der Waals surface area contributed by atoms with Crippen LogP contribution in [0.3, 0.4) is 0 Å². The Balaban J connectivity index is 2.16. The lowest BCUT2D eigenvalue weighted by molar-refractivity contribution is 0.474. The third kappa shape index (κ3) is 3.93. The molecule has 0 aliphatic heterocycles. The maximum Gasteiger partial charge on any atom is 0.276 e.